The lowest BCUT2D eigenvalue weighted by Gasteiger charge is -2.02. The first-order valence-electron chi connectivity index (χ1n) is 8.30. The van der Waals surface area contributed by atoms with Crippen LogP contribution in [0.5, 0.6) is 5.75 Å². The van der Waals surface area contributed by atoms with Crippen LogP contribution in [-0.2, 0) is 0 Å². The summed E-state index contributed by atoms with van der Waals surface area (Å²) in [4.78, 5) is 9.00. The molecule has 0 aliphatic heterocycles. The molecule has 0 aliphatic rings. The number of oxazole rings is 1. The van der Waals surface area contributed by atoms with Crippen molar-refractivity contribution in [3.63, 3.8) is 0 Å². The highest BCUT2D eigenvalue weighted by Gasteiger charge is 2.10. The molecule has 140 valence electrons. The van der Waals surface area contributed by atoms with E-state index in [1.54, 1.807) is 18.3 Å². The lowest BCUT2D eigenvalue weighted by atomic mass is 10.1. The van der Waals surface area contributed by atoms with Crippen molar-refractivity contribution >= 4 is 66.5 Å². The van der Waals surface area contributed by atoms with Gasteiger partial charge in [0.2, 0.25) is 5.89 Å². The van der Waals surface area contributed by atoms with E-state index in [-0.39, 0.29) is 5.75 Å². The summed E-state index contributed by atoms with van der Waals surface area (Å²) in [5.74, 6) is 0.635. The maximum atomic E-state index is 10.1. The molecule has 0 radical (unpaired) electrons. The second-order valence-corrected chi connectivity index (χ2v) is 8.36. The Morgan fingerprint density at radius 1 is 1.07 bits per heavy atom. The van der Waals surface area contributed by atoms with Gasteiger partial charge in [0.15, 0.2) is 5.58 Å². The van der Waals surface area contributed by atoms with Crippen molar-refractivity contribution in [1.29, 1.82) is 0 Å². The molecule has 0 fully saturated rings. The van der Waals surface area contributed by atoms with Crippen LogP contribution in [0.3, 0.4) is 0 Å². The third kappa shape index (κ3) is 3.85. The number of aryl methyl sites for hydroxylation is 1. The molecule has 1 aromatic heterocycles. The first-order valence-corrected chi connectivity index (χ1v) is 10.3. The molecule has 3 aromatic carbocycles. The van der Waals surface area contributed by atoms with Crippen molar-refractivity contribution in [2.45, 2.75) is 6.92 Å². The molecular weight excluding hydrogens is 508 g/mol. The Labute approximate surface area is 183 Å². The number of halogens is 3. The molecule has 0 bridgehead atoms. The quantitative estimate of drug-likeness (QED) is 0.286. The van der Waals surface area contributed by atoms with Crippen LogP contribution < -0.4 is 0 Å². The molecule has 0 saturated carbocycles. The fourth-order valence-electron chi connectivity index (χ4n) is 2.67. The fraction of sp³-hybridized carbons (Fsp3) is 0.0476. The summed E-state index contributed by atoms with van der Waals surface area (Å²) >= 11 is 12.8. The second kappa shape index (κ2) is 7.70. The zero-order chi connectivity index (χ0) is 19.8. The largest absolute Gasteiger partial charge is 0.506 e. The van der Waals surface area contributed by atoms with Gasteiger partial charge in [-0.15, -0.1) is 0 Å². The molecule has 0 spiro atoms. The lowest BCUT2D eigenvalue weighted by molar-refractivity contribution is 0.471. The molecular formula is C21H13Br2ClN2O2. The number of hydrogen-bond acceptors (Lipinski definition) is 4. The van der Waals surface area contributed by atoms with Crippen molar-refractivity contribution in [3.8, 4) is 17.2 Å². The van der Waals surface area contributed by atoms with Crippen molar-refractivity contribution in [2.24, 2.45) is 4.99 Å². The van der Waals surface area contributed by atoms with Gasteiger partial charge in [-0.1, -0.05) is 33.6 Å². The molecule has 0 amide bonds. The fourth-order valence-corrected chi connectivity index (χ4v) is 3.89. The van der Waals surface area contributed by atoms with Crippen LogP contribution in [0.1, 0.15) is 11.1 Å². The van der Waals surface area contributed by atoms with Crippen LogP contribution in [0.15, 0.2) is 66.9 Å². The molecule has 1 heterocycles. The first kappa shape index (κ1) is 19.2. The van der Waals surface area contributed by atoms with Crippen LogP contribution in [0.4, 0.5) is 5.69 Å². The topological polar surface area (TPSA) is 58.6 Å². The lowest BCUT2D eigenvalue weighted by Crippen LogP contribution is -1.84. The van der Waals surface area contributed by atoms with E-state index in [0.717, 1.165) is 15.6 Å². The highest BCUT2D eigenvalue weighted by atomic mass is 79.9. The zero-order valence-electron chi connectivity index (χ0n) is 14.6. The van der Waals surface area contributed by atoms with E-state index in [4.69, 9.17) is 16.0 Å². The van der Waals surface area contributed by atoms with Gasteiger partial charge in [0.1, 0.15) is 11.3 Å². The molecule has 4 aromatic rings. The number of phenolic OH excluding ortho intramolecular Hbond substituents is 1. The summed E-state index contributed by atoms with van der Waals surface area (Å²) < 4.78 is 7.39. The van der Waals surface area contributed by atoms with Gasteiger partial charge in [-0.05, 0) is 70.9 Å². The molecule has 0 aliphatic carbocycles. The van der Waals surface area contributed by atoms with Gasteiger partial charge >= 0.3 is 0 Å². The summed E-state index contributed by atoms with van der Waals surface area (Å²) in [6.07, 6.45) is 1.56. The highest BCUT2D eigenvalue weighted by molar-refractivity contribution is 9.10. The van der Waals surface area contributed by atoms with Gasteiger partial charge in [0.25, 0.3) is 0 Å². The van der Waals surface area contributed by atoms with E-state index in [1.165, 1.54) is 0 Å². The summed E-state index contributed by atoms with van der Waals surface area (Å²) in [6, 6.07) is 14.7. The molecule has 0 unspecified atom stereocenters. The molecule has 4 nitrogen and oxygen atoms in total. The van der Waals surface area contributed by atoms with Crippen molar-refractivity contribution in [2.75, 3.05) is 0 Å². The number of hydrogen-bond donors (Lipinski definition) is 1. The van der Waals surface area contributed by atoms with E-state index in [9.17, 15) is 5.11 Å². The molecule has 0 atom stereocenters. The van der Waals surface area contributed by atoms with Crippen LogP contribution in [-0.4, -0.2) is 16.3 Å². The first-order chi connectivity index (χ1) is 13.4. The number of rotatable bonds is 3. The predicted molar refractivity (Wildman–Crippen MR) is 120 cm³/mol. The normalized spacial score (nSPS) is 11.6. The van der Waals surface area contributed by atoms with E-state index in [0.29, 0.717) is 37.7 Å². The minimum absolute atomic E-state index is 0.0860. The Hall–Kier alpha value is -2.15. The predicted octanol–water partition coefficient (Wildman–Crippen LogP) is 7.44. The van der Waals surface area contributed by atoms with Crippen LogP contribution >= 0.6 is 43.5 Å². The standard InChI is InChI=1S/C21H13Br2ClN2O2/c1-11-2-3-12(7-16(11)22)21-26-18-9-15(4-5-19(18)28-21)25-10-13-6-14(24)8-17(23)20(13)27/h2-10,27H,1H3. The second-order valence-electron chi connectivity index (χ2n) is 6.22. The van der Waals surface area contributed by atoms with E-state index < -0.39 is 0 Å². The van der Waals surface area contributed by atoms with Crippen LogP contribution in [0.2, 0.25) is 5.02 Å². The number of aromatic hydroxyl groups is 1. The molecule has 1 N–H and O–H groups in total. The summed E-state index contributed by atoms with van der Waals surface area (Å²) in [7, 11) is 0. The monoisotopic (exact) mass is 518 g/mol. The molecule has 7 heteroatoms. The Kier molecular flexibility index (Phi) is 5.27. The number of benzene rings is 3. The molecule has 28 heavy (non-hydrogen) atoms. The van der Waals surface area contributed by atoms with Gasteiger partial charge in [-0.2, -0.15) is 0 Å². The van der Waals surface area contributed by atoms with Gasteiger partial charge in [-0.25, -0.2) is 4.98 Å². The SMILES string of the molecule is Cc1ccc(-c2nc3cc(N=Cc4cc(Cl)cc(Br)c4O)ccc3o2)cc1Br. The smallest absolute Gasteiger partial charge is 0.227 e. The average molecular weight is 521 g/mol. The maximum Gasteiger partial charge on any atom is 0.227 e. The summed E-state index contributed by atoms with van der Waals surface area (Å²) in [5.41, 5.74) is 4.63. The van der Waals surface area contributed by atoms with Crippen molar-refractivity contribution < 1.29 is 9.52 Å². The van der Waals surface area contributed by atoms with Gasteiger partial charge < -0.3 is 9.52 Å². The Morgan fingerprint density at radius 2 is 1.89 bits per heavy atom. The zero-order valence-corrected chi connectivity index (χ0v) is 18.5. The third-order valence-corrected chi connectivity index (χ3v) is 5.88. The third-order valence-electron chi connectivity index (χ3n) is 4.20. The van der Waals surface area contributed by atoms with Gasteiger partial charge in [-0.3, -0.25) is 4.99 Å². The summed E-state index contributed by atoms with van der Waals surface area (Å²) in [6.45, 7) is 2.03. The number of aromatic nitrogens is 1. The van der Waals surface area contributed by atoms with Crippen LogP contribution in [0.25, 0.3) is 22.6 Å². The van der Waals surface area contributed by atoms with E-state index in [1.807, 2.05) is 43.3 Å². The van der Waals surface area contributed by atoms with Crippen LogP contribution in [0, 0.1) is 6.92 Å². The van der Waals surface area contributed by atoms with Gasteiger partial charge in [0.05, 0.1) is 10.2 Å². The Bertz CT molecular complexity index is 1230. The van der Waals surface area contributed by atoms with E-state index in [2.05, 4.69) is 41.8 Å². The number of nitrogens with zero attached hydrogens (tertiary/aromatic N) is 2. The minimum Gasteiger partial charge on any atom is -0.506 e. The summed E-state index contributed by atoms with van der Waals surface area (Å²) in [5, 5.41) is 10.6. The minimum atomic E-state index is 0.0860. The Balaban J connectivity index is 1.68. The number of aliphatic imine (C=N–C) groups is 1. The van der Waals surface area contributed by atoms with Crippen molar-refractivity contribution in [3.05, 3.63) is 73.6 Å². The molecule has 0 saturated heterocycles. The average Bonchev–Trinajstić information content (AvgIpc) is 3.09. The Morgan fingerprint density at radius 3 is 2.68 bits per heavy atom. The van der Waals surface area contributed by atoms with Gasteiger partial charge in [0, 0.05) is 26.8 Å². The van der Waals surface area contributed by atoms with Crippen molar-refractivity contribution in [1.82, 2.24) is 4.98 Å². The maximum absolute atomic E-state index is 10.1. The molecule has 4 rings (SSSR count). The van der Waals surface area contributed by atoms with E-state index >= 15 is 0 Å². The highest BCUT2D eigenvalue weighted by Crippen LogP contribution is 2.32. The number of fused-ring (bicyclic) bond motifs is 1. The number of phenols is 1.